The van der Waals surface area contributed by atoms with E-state index < -0.39 is 0 Å². The van der Waals surface area contributed by atoms with Crippen molar-refractivity contribution in [2.24, 2.45) is 0 Å². The molecule has 3 rings (SSSR count). The molecule has 2 heteroatoms. The fraction of sp³-hybridized carbons (Fsp3) is 0. The predicted octanol–water partition coefficient (Wildman–Crippen LogP) is -0.333. The molecule has 0 amide bonds. The minimum absolute atomic E-state index is 0.0712. The summed E-state index contributed by atoms with van der Waals surface area (Å²) < 4.78 is 2.86. The predicted molar refractivity (Wildman–Crippen MR) is 54.0 cm³/mol. The summed E-state index contributed by atoms with van der Waals surface area (Å²) in [5, 5.41) is 8.85. The lowest BCUT2D eigenvalue weighted by Crippen LogP contribution is -3.61. The highest BCUT2D eigenvalue weighted by molar-refractivity contribution is 5.65. The molecule has 1 aliphatic heterocycles. The summed E-state index contributed by atoms with van der Waals surface area (Å²) in [7, 11) is 0. The molecule has 0 unspecified atom stereocenters. The van der Waals surface area contributed by atoms with Crippen LogP contribution in [0, 0.1) is 18.5 Å². The van der Waals surface area contributed by atoms with Crippen molar-refractivity contribution in [1.29, 1.82) is 5.26 Å². The first-order valence-electron chi connectivity index (χ1n) is 4.67. The van der Waals surface area contributed by atoms with E-state index in [1.54, 1.807) is 0 Å². The molecule has 0 aromatic heterocycles. The van der Waals surface area contributed by atoms with E-state index in [4.69, 9.17) is 5.26 Å². The van der Waals surface area contributed by atoms with E-state index in [1.165, 1.54) is 18.3 Å². The zero-order chi connectivity index (χ0) is 10.3. The molecule has 0 aliphatic carbocycles. The van der Waals surface area contributed by atoms with Crippen LogP contribution in [-0.4, -0.2) is 0 Å². The third-order valence-electron chi connectivity index (χ3n) is 2.47. The maximum Gasteiger partial charge on any atom is 0.359 e. The minimum atomic E-state index is -0.0712. The van der Waals surface area contributed by atoms with E-state index in [1.807, 2.05) is 12.1 Å². The number of benzene rings is 2. The molecule has 0 bridgehead atoms. The molecular weight excluding hydrogens is 297 g/mol. The zero-order valence-corrected chi connectivity index (χ0v) is 10.0. The lowest BCUT2D eigenvalue weighted by atomic mass is 10.0. The van der Waals surface area contributed by atoms with Crippen molar-refractivity contribution in [3.8, 4) is 17.2 Å². The van der Waals surface area contributed by atoms with Gasteiger partial charge < -0.3 is 0 Å². The molecule has 0 spiro atoms. The number of halogens is 1. The molecule has 0 radical (unpaired) electrons. The molecule has 0 N–H and O–H groups in total. The van der Waals surface area contributed by atoms with E-state index in [-0.39, 0.29) is 21.2 Å². The third-order valence-corrected chi connectivity index (χ3v) is 5.46. The van der Waals surface area contributed by atoms with Gasteiger partial charge in [0.05, 0.1) is 11.6 Å². The second kappa shape index (κ2) is 3.35. The van der Waals surface area contributed by atoms with Crippen LogP contribution in [-0.2, 0) is 0 Å². The van der Waals surface area contributed by atoms with Crippen molar-refractivity contribution in [3.63, 3.8) is 0 Å². The maximum absolute atomic E-state index is 8.85. The van der Waals surface area contributed by atoms with E-state index in [0.717, 1.165) is 5.56 Å². The van der Waals surface area contributed by atoms with Gasteiger partial charge in [0.2, 0.25) is 7.14 Å². The molecule has 15 heavy (non-hydrogen) atoms. The Labute approximate surface area is 98.6 Å². The van der Waals surface area contributed by atoms with Gasteiger partial charge in [0.1, 0.15) is 0 Å². The third kappa shape index (κ3) is 1.35. The molecule has 70 valence electrons. The van der Waals surface area contributed by atoms with Gasteiger partial charge in [0.25, 0.3) is 0 Å². The van der Waals surface area contributed by atoms with Crippen molar-refractivity contribution in [2.75, 3.05) is 0 Å². The van der Waals surface area contributed by atoms with E-state index in [9.17, 15) is 0 Å². The Balaban J connectivity index is 2.23. The van der Waals surface area contributed by atoms with Gasteiger partial charge in [0.15, 0.2) is 0 Å². The number of rotatable bonds is 0. The summed E-state index contributed by atoms with van der Waals surface area (Å²) in [6.45, 7) is 0. The Kier molecular flexibility index (Phi) is 2.00. The van der Waals surface area contributed by atoms with Gasteiger partial charge in [-0.25, -0.2) is 0 Å². The van der Waals surface area contributed by atoms with Crippen molar-refractivity contribution in [3.05, 3.63) is 55.2 Å². The molecule has 0 fully saturated rings. The van der Waals surface area contributed by atoms with Gasteiger partial charge >= 0.3 is 21.2 Å². The van der Waals surface area contributed by atoms with Crippen LogP contribution in [0.4, 0.5) is 0 Å². The zero-order valence-electron chi connectivity index (χ0n) is 7.87. The van der Waals surface area contributed by atoms with E-state index >= 15 is 0 Å². The molecule has 0 atom stereocenters. The Morgan fingerprint density at radius 1 is 0.933 bits per heavy atom. The van der Waals surface area contributed by atoms with Crippen LogP contribution in [0.3, 0.4) is 0 Å². The fourth-order valence-electron chi connectivity index (χ4n) is 1.75. The molecule has 0 saturated heterocycles. The highest BCUT2D eigenvalue weighted by Gasteiger charge is 2.32. The number of hydrogen-bond acceptors (Lipinski definition) is 1. The maximum atomic E-state index is 8.85. The summed E-state index contributed by atoms with van der Waals surface area (Å²) in [6, 6.07) is 16.8. The van der Waals surface area contributed by atoms with Gasteiger partial charge in [-0.2, -0.15) is 5.26 Å². The second-order valence-corrected chi connectivity index (χ2v) is 6.24. The first kappa shape index (κ1) is 8.93. The molecule has 1 nitrogen and oxygen atoms in total. The van der Waals surface area contributed by atoms with Crippen LogP contribution in [0.5, 0.6) is 0 Å². The largest absolute Gasteiger partial charge is 0.359 e. The van der Waals surface area contributed by atoms with Gasteiger partial charge in [-0.3, -0.25) is 0 Å². The fourth-order valence-corrected chi connectivity index (χ4v) is 4.78. The van der Waals surface area contributed by atoms with Gasteiger partial charge in [-0.05, 0) is 24.3 Å². The first-order valence-corrected chi connectivity index (χ1v) is 6.82. The summed E-state index contributed by atoms with van der Waals surface area (Å²) in [4.78, 5) is 0. The monoisotopic (exact) mass is 304 g/mol. The van der Waals surface area contributed by atoms with Crippen molar-refractivity contribution in [2.45, 2.75) is 0 Å². The Bertz CT molecular complexity index is 581. The summed E-state index contributed by atoms with van der Waals surface area (Å²) in [6.07, 6.45) is 0. The summed E-state index contributed by atoms with van der Waals surface area (Å²) in [5.41, 5.74) is 3.48. The topological polar surface area (TPSA) is 23.8 Å². The Morgan fingerprint density at radius 2 is 1.73 bits per heavy atom. The molecule has 1 aliphatic rings. The number of nitriles is 1. The van der Waals surface area contributed by atoms with Crippen LogP contribution in [0.25, 0.3) is 11.1 Å². The minimum Gasteiger partial charge on any atom is -0.192 e. The smallest absolute Gasteiger partial charge is 0.192 e. The second-order valence-electron chi connectivity index (χ2n) is 3.38. The van der Waals surface area contributed by atoms with Crippen LogP contribution in [0.2, 0.25) is 0 Å². The molecule has 2 aromatic rings. The SMILES string of the molecule is N#Cc1ccc2c(c1)[I+]c1ccccc1-2. The normalized spacial score (nSPS) is 11.7. The highest BCUT2D eigenvalue weighted by atomic mass is 127. The van der Waals surface area contributed by atoms with Crippen LogP contribution in [0.1, 0.15) is 5.56 Å². The Hall–Kier alpha value is -1.34. The van der Waals surface area contributed by atoms with Gasteiger partial charge in [-0.15, -0.1) is 0 Å². The standard InChI is InChI=1S/C13H7IN/c15-8-9-5-6-11-10-3-1-2-4-12(10)14-13(11)7-9/h1-7H/q+1. The molecular formula is C13H7IN+. The van der Waals surface area contributed by atoms with E-state index in [2.05, 4.69) is 36.4 Å². The average molecular weight is 304 g/mol. The lowest BCUT2D eigenvalue weighted by Gasteiger charge is -1.93. The summed E-state index contributed by atoms with van der Waals surface area (Å²) in [5.74, 6) is 0. The molecule has 0 saturated carbocycles. The number of hydrogen-bond donors (Lipinski definition) is 0. The van der Waals surface area contributed by atoms with Gasteiger partial charge in [0, 0.05) is 17.2 Å². The van der Waals surface area contributed by atoms with Crippen LogP contribution >= 0.6 is 0 Å². The molecule has 2 aromatic carbocycles. The number of nitrogens with zero attached hydrogens (tertiary/aromatic N) is 1. The van der Waals surface area contributed by atoms with Crippen molar-refractivity contribution in [1.82, 2.24) is 0 Å². The van der Waals surface area contributed by atoms with Crippen molar-refractivity contribution >= 4 is 0 Å². The van der Waals surface area contributed by atoms with E-state index in [0.29, 0.717) is 0 Å². The van der Waals surface area contributed by atoms with Crippen LogP contribution < -0.4 is 21.2 Å². The van der Waals surface area contributed by atoms with Crippen molar-refractivity contribution < 1.29 is 21.2 Å². The first-order chi connectivity index (χ1) is 7.38. The highest BCUT2D eigenvalue weighted by Crippen LogP contribution is 2.22. The Morgan fingerprint density at radius 3 is 2.60 bits per heavy atom. The van der Waals surface area contributed by atoms with Gasteiger partial charge in [-0.1, -0.05) is 12.1 Å². The number of fused-ring (bicyclic) bond motifs is 3. The quantitative estimate of drug-likeness (QED) is 0.522. The average Bonchev–Trinajstić information content (AvgIpc) is 2.66. The van der Waals surface area contributed by atoms with Crippen LogP contribution in [0.15, 0.2) is 42.5 Å². The lowest BCUT2D eigenvalue weighted by molar-refractivity contribution is -0.589. The molecule has 1 heterocycles. The summed E-state index contributed by atoms with van der Waals surface area (Å²) >= 11 is -0.0712.